The van der Waals surface area contributed by atoms with Crippen LogP contribution in [0.25, 0.3) is 0 Å². The molecule has 1 heterocycles. The third kappa shape index (κ3) is 1.25. The van der Waals surface area contributed by atoms with Crippen molar-refractivity contribution >= 4 is 5.91 Å². The Morgan fingerprint density at radius 3 is 2.36 bits per heavy atom. The molecule has 11 heavy (non-hydrogen) atoms. The number of hydrogen-bond donors (Lipinski definition) is 1. The van der Waals surface area contributed by atoms with E-state index in [0.717, 1.165) is 19.5 Å². The quantitative estimate of drug-likeness (QED) is 0.576. The van der Waals surface area contributed by atoms with Gasteiger partial charge >= 0.3 is 0 Å². The van der Waals surface area contributed by atoms with E-state index in [-0.39, 0.29) is 12.0 Å². The van der Waals surface area contributed by atoms with Crippen LogP contribution in [0.4, 0.5) is 0 Å². The molecule has 0 aromatic carbocycles. The van der Waals surface area contributed by atoms with Gasteiger partial charge in [-0.25, -0.2) is 0 Å². The first-order valence-corrected chi connectivity index (χ1v) is 4.33. The number of carbonyl (C=O) groups excluding carboxylic acids is 1. The van der Waals surface area contributed by atoms with Crippen LogP contribution in [0.15, 0.2) is 0 Å². The van der Waals surface area contributed by atoms with Crippen molar-refractivity contribution in [3.8, 4) is 0 Å². The maximum absolute atomic E-state index is 11.5. The largest absolute Gasteiger partial charge is 0.342 e. The molecule has 0 radical (unpaired) electrons. The second-order valence-electron chi connectivity index (χ2n) is 3.54. The van der Waals surface area contributed by atoms with Crippen molar-refractivity contribution in [2.24, 2.45) is 11.7 Å². The van der Waals surface area contributed by atoms with Gasteiger partial charge in [0.15, 0.2) is 0 Å². The van der Waals surface area contributed by atoms with Gasteiger partial charge in [-0.2, -0.15) is 0 Å². The summed E-state index contributed by atoms with van der Waals surface area (Å²) in [6.07, 6.45) is 3.26. The summed E-state index contributed by atoms with van der Waals surface area (Å²) in [6.45, 7) is 1.92. The highest BCUT2D eigenvalue weighted by Crippen LogP contribution is 2.30. The highest BCUT2D eigenvalue weighted by molar-refractivity contribution is 5.82. The van der Waals surface area contributed by atoms with E-state index in [2.05, 4.69) is 0 Å². The summed E-state index contributed by atoms with van der Waals surface area (Å²) in [7, 11) is 0. The molecule has 1 amide bonds. The monoisotopic (exact) mass is 154 g/mol. The highest BCUT2D eigenvalue weighted by atomic mass is 16.2. The third-order valence-electron chi connectivity index (χ3n) is 2.57. The molecule has 0 aromatic rings. The lowest BCUT2D eigenvalue weighted by Gasteiger charge is -2.14. The molecule has 2 N–H and O–H groups in total. The number of amides is 1. The maximum Gasteiger partial charge on any atom is 0.227 e. The topological polar surface area (TPSA) is 46.3 Å². The zero-order chi connectivity index (χ0) is 7.84. The second kappa shape index (κ2) is 2.48. The Labute approximate surface area is 66.5 Å². The Balaban J connectivity index is 1.89. The minimum Gasteiger partial charge on any atom is -0.342 e. The molecular weight excluding hydrogens is 140 g/mol. The summed E-state index contributed by atoms with van der Waals surface area (Å²) in [5.41, 5.74) is 5.59. The molecule has 1 aliphatic carbocycles. The molecule has 1 aliphatic heterocycles. The van der Waals surface area contributed by atoms with Crippen molar-refractivity contribution in [2.45, 2.75) is 25.3 Å². The molecule has 3 heteroatoms. The minimum atomic E-state index is 0.170. The van der Waals surface area contributed by atoms with Crippen LogP contribution in [0.5, 0.6) is 0 Å². The first-order valence-electron chi connectivity index (χ1n) is 4.33. The average molecular weight is 154 g/mol. The fraction of sp³-hybridized carbons (Fsp3) is 0.875. The van der Waals surface area contributed by atoms with Gasteiger partial charge in [0, 0.05) is 19.1 Å². The predicted molar refractivity (Wildman–Crippen MR) is 41.9 cm³/mol. The number of likely N-dealkylation sites (tertiary alicyclic amines) is 1. The SMILES string of the molecule is NC1CC1C(=O)N1CCCC1. The number of carbonyl (C=O) groups is 1. The van der Waals surface area contributed by atoms with Crippen LogP contribution in [0, 0.1) is 5.92 Å². The number of rotatable bonds is 1. The van der Waals surface area contributed by atoms with Gasteiger partial charge in [0.25, 0.3) is 0 Å². The highest BCUT2D eigenvalue weighted by Gasteiger charge is 2.42. The van der Waals surface area contributed by atoms with Gasteiger partial charge in [-0.1, -0.05) is 0 Å². The summed E-state index contributed by atoms with van der Waals surface area (Å²) in [5, 5.41) is 0. The van der Waals surface area contributed by atoms with E-state index in [0.29, 0.717) is 5.91 Å². The molecular formula is C8H14N2O. The van der Waals surface area contributed by atoms with Gasteiger partial charge in [-0.15, -0.1) is 0 Å². The zero-order valence-corrected chi connectivity index (χ0v) is 6.62. The lowest BCUT2D eigenvalue weighted by Crippen LogP contribution is -2.30. The van der Waals surface area contributed by atoms with Gasteiger partial charge < -0.3 is 10.6 Å². The van der Waals surface area contributed by atoms with Gasteiger partial charge in [-0.05, 0) is 19.3 Å². The second-order valence-corrected chi connectivity index (χ2v) is 3.54. The summed E-state index contributed by atoms with van der Waals surface area (Å²) >= 11 is 0. The van der Waals surface area contributed by atoms with Crippen molar-refractivity contribution < 1.29 is 4.79 Å². The molecule has 2 aliphatic rings. The zero-order valence-electron chi connectivity index (χ0n) is 6.62. The van der Waals surface area contributed by atoms with Crippen LogP contribution in [0.1, 0.15) is 19.3 Å². The van der Waals surface area contributed by atoms with Crippen molar-refractivity contribution in [1.29, 1.82) is 0 Å². The summed E-state index contributed by atoms with van der Waals surface area (Å²) < 4.78 is 0. The molecule has 2 fully saturated rings. The molecule has 0 aromatic heterocycles. The van der Waals surface area contributed by atoms with E-state index >= 15 is 0 Å². The molecule has 2 atom stereocenters. The van der Waals surface area contributed by atoms with Crippen molar-refractivity contribution in [2.75, 3.05) is 13.1 Å². The molecule has 0 spiro atoms. The lowest BCUT2D eigenvalue weighted by atomic mass is 10.3. The van der Waals surface area contributed by atoms with E-state index in [1.807, 2.05) is 4.90 Å². The normalized spacial score (nSPS) is 35.9. The van der Waals surface area contributed by atoms with E-state index in [9.17, 15) is 4.79 Å². The molecule has 2 unspecified atom stereocenters. The Morgan fingerprint density at radius 1 is 1.36 bits per heavy atom. The van der Waals surface area contributed by atoms with Crippen LogP contribution >= 0.6 is 0 Å². The van der Waals surface area contributed by atoms with E-state index in [4.69, 9.17) is 5.73 Å². The third-order valence-corrected chi connectivity index (χ3v) is 2.57. The predicted octanol–water partition coefficient (Wildman–Crippen LogP) is -0.0440. The summed E-state index contributed by atoms with van der Waals surface area (Å²) in [4.78, 5) is 13.4. The van der Waals surface area contributed by atoms with Gasteiger partial charge in [-0.3, -0.25) is 4.79 Å². The Morgan fingerprint density at radius 2 is 1.91 bits per heavy atom. The van der Waals surface area contributed by atoms with Crippen LogP contribution in [-0.4, -0.2) is 29.9 Å². The number of nitrogens with two attached hydrogens (primary N) is 1. The maximum atomic E-state index is 11.5. The molecule has 1 saturated heterocycles. The van der Waals surface area contributed by atoms with Gasteiger partial charge in [0.2, 0.25) is 5.91 Å². The fourth-order valence-corrected chi connectivity index (χ4v) is 1.67. The Kier molecular flexibility index (Phi) is 1.60. The Hall–Kier alpha value is -0.570. The lowest BCUT2D eigenvalue weighted by molar-refractivity contribution is -0.131. The minimum absolute atomic E-state index is 0.170. The average Bonchev–Trinajstić information content (AvgIpc) is 2.56. The number of nitrogens with zero attached hydrogens (tertiary/aromatic N) is 1. The van der Waals surface area contributed by atoms with Crippen LogP contribution in [0.3, 0.4) is 0 Å². The van der Waals surface area contributed by atoms with Crippen LogP contribution in [-0.2, 0) is 4.79 Å². The first-order chi connectivity index (χ1) is 5.29. The van der Waals surface area contributed by atoms with E-state index in [1.54, 1.807) is 0 Å². The molecule has 1 saturated carbocycles. The smallest absolute Gasteiger partial charge is 0.227 e. The van der Waals surface area contributed by atoms with Crippen molar-refractivity contribution in [3.05, 3.63) is 0 Å². The number of hydrogen-bond acceptors (Lipinski definition) is 2. The van der Waals surface area contributed by atoms with Crippen LogP contribution in [0.2, 0.25) is 0 Å². The Bertz CT molecular complexity index is 175. The molecule has 2 rings (SSSR count). The summed E-state index contributed by atoms with van der Waals surface area (Å²) in [5.74, 6) is 0.475. The van der Waals surface area contributed by atoms with Crippen molar-refractivity contribution in [3.63, 3.8) is 0 Å². The van der Waals surface area contributed by atoms with E-state index in [1.165, 1.54) is 12.8 Å². The standard InChI is InChI=1S/C8H14N2O/c9-7-5-6(7)8(11)10-3-1-2-4-10/h6-7H,1-5,9H2. The van der Waals surface area contributed by atoms with Gasteiger partial charge in [0.05, 0.1) is 5.92 Å². The molecule has 62 valence electrons. The first kappa shape index (κ1) is 7.10. The van der Waals surface area contributed by atoms with Crippen molar-refractivity contribution in [1.82, 2.24) is 4.90 Å². The van der Waals surface area contributed by atoms with E-state index < -0.39 is 0 Å². The van der Waals surface area contributed by atoms with Crippen LogP contribution < -0.4 is 5.73 Å². The molecule has 0 bridgehead atoms. The summed E-state index contributed by atoms with van der Waals surface area (Å²) in [6, 6.07) is 0.170. The van der Waals surface area contributed by atoms with Gasteiger partial charge in [0.1, 0.15) is 0 Å². The molecule has 3 nitrogen and oxygen atoms in total. The fourth-order valence-electron chi connectivity index (χ4n) is 1.67.